The first-order chi connectivity index (χ1) is 7.43. The van der Waals surface area contributed by atoms with E-state index >= 15 is 0 Å². The molecule has 16 heavy (non-hydrogen) atoms. The summed E-state index contributed by atoms with van der Waals surface area (Å²) in [5, 5.41) is 3.30. The largest absolute Gasteiger partial charge is 0.492 e. The van der Waals surface area contributed by atoms with Crippen LogP contribution in [-0.4, -0.2) is 19.7 Å². The molecule has 0 saturated heterocycles. The van der Waals surface area contributed by atoms with Crippen molar-refractivity contribution in [3.8, 4) is 5.75 Å². The predicted molar refractivity (Wildman–Crippen MR) is 69.0 cm³/mol. The van der Waals surface area contributed by atoms with Crippen LogP contribution in [0, 0.1) is 12.3 Å². The fraction of sp³-hybridized carbons (Fsp3) is 0.571. The molecular formula is C14H23NO. The highest BCUT2D eigenvalue weighted by molar-refractivity contribution is 5.27. The van der Waals surface area contributed by atoms with Crippen LogP contribution in [0.1, 0.15) is 26.3 Å². The van der Waals surface area contributed by atoms with Crippen molar-refractivity contribution in [3.63, 3.8) is 0 Å². The molecule has 0 aliphatic rings. The summed E-state index contributed by atoms with van der Waals surface area (Å²) in [5.74, 6) is 0.949. The third-order valence-electron chi connectivity index (χ3n) is 2.80. The molecule has 90 valence electrons. The van der Waals surface area contributed by atoms with E-state index in [1.54, 1.807) is 0 Å². The summed E-state index contributed by atoms with van der Waals surface area (Å²) in [4.78, 5) is 0. The molecule has 1 aromatic carbocycles. The van der Waals surface area contributed by atoms with Gasteiger partial charge in [-0.2, -0.15) is 0 Å². The molecule has 0 spiro atoms. The molecule has 0 heterocycles. The van der Waals surface area contributed by atoms with Gasteiger partial charge in [-0.15, -0.1) is 0 Å². The number of nitrogens with one attached hydrogen (secondary N) is 1. The number of likely N-dealkylation sites (N-methyl/N-ethyl adjacent to an activating group) is 1. The minimum absolute atomic E-state index is 0.207. The highest BCUT2D eigenvalue weighted by atomic mass is 16.5. The summed E-state index contributed by atoms with van der Waals surface area (Å²) in [6.07, 6.45) is 0. The molecule has 0 radical (unpaired) electrons. The van der Waals surface area contributed by atoms with E-state index in [9.17, 15) is 0 Å². The van der Waals surface area contributed by atoms with Gasteiger partial charge in [-0.25, -0.2) is 0 Å². The zero-order valence-electron chi connectivity index (χ0n) is 11.0. The second-order valence-corrected chi connectivity index (χ2v) is 5.33. The molecule has 0 bridgehead atoms. The van der Waals surface area contributed by atoms with E-state index < -0.39 is 0 Å². The lowest BCUT2D eigenvalue weighted by Crippen LogP contribution is -2.42. The Labute approximate surface area is 99.0 Å². The minimum atomic E-state index is 0.207. The Hall–Kier alpha value is -1.02. The lowest BCUT2D eigenvalue weighted by molar-refractivity contribution is 0.181. The third kappa shape index (κ3) is 3.86. The smallest absolute Gasteiger partial charge is 0.119 e. The zero-order valence-corrected chi connectivity index (χ0v) is 11.0. The van der Waals surface area contributed by atoms with Crippen molar-refractivity contribution >= 4 is 0 Å². The molecule has 0 amide bonds. The molecule has 1 unspecified atom stereocenters. The average molecular weight is 221 g/mol. The second-order valence-electron chi connectivity index (χ2n) is 5.33. The Balaban J connectivity index is 2.56. The van der Waals surface area contributed by atoms with E-state index in [1.165, 1.54) is 5.56 Å². The van der Waals surface area contributed by atoms with Crippen LogP contribution in [0.15, 0.2) is 24.3 Å². The van der Waals surface area contributed by atoms with E-state index in [1.807, 2.05) is 19.2 Å². The molecule has 1 rings (SSSR count). The molecule has 1 aromatic rings. The number of hydrogen-bond donors (Lipinski definition) is 1. The van der Waals surface area contributed by atoms with Crippen molar-refractivity contribution < 1.29 is 4.74 Å². The molecule has 0 fully saturated rings. The van der Waals surface area contributed by atoms with Crippen molar-refractivity contribution in [2.24, 2.45) is 5.41 Å². The monoisotopic (exact) mass is 221 g/mol. The van der Waals surface area contributed by atoms with Crippen LogP contribution in [0.3, 0.4) is 0 Å². The van der Waals surface area contributed by atoms with Crippen molar-refractivity contribution in [1.29, 1.82) is 0 Å². The summed E-state index contributed by atoms with van der Waals surface area (Å²) < 4.78 is 5.80. The number of aryl methyl sites for hydroxylation is 1. The van der Waals surface area contributed by atoms with Gasteiger partial charge in [0.1, 0.15) is 12.4 Å². The summed E-state index contributed by atoms with van der Waals surface area (Å²) in [6, 6.07) is 8.52. The molecule has 1 atom stereocenters. The van der Waals surface area contributed by atoms with Crippen LogP contribution in [0.2, 0.25) is 0 Å². The first-order valence-electron chi connectivity index (χ1n) is 5.80. The zero-order chi connectivity index (χ0) is 12.2. The van der Waals surface area contributed by atoms with Gasteiger partial charge >= 0.3 is 0 Å². The quantitative estimate of drug-likeness (QED) is 0.844. The molecule has 0 saturated carbocycles. The van der Waals surface area contributed by atoms with Crippen LogP contribution in [-0.2, 0) is 0 Å². The van der Waals surface area contributed by atoms with Gasteiger partial charge in [0.25, 0.3) is 0 Å². The summed E-state index contributed by atoms with van der Waals surface area (Å²) in [6.45, 7) is 9.42. The van der Waals surface area contributed by atoms with Crippen LogP contribution < -0.4 is 10.1 Å². The maximum atomic E-state index is 5.80. The highest BCUT2D eigenvalue weighted by Crippen LogP contribution is 2.20. The second kappa shape index (κ2) is 5.35. The molecule has 0 aliphatic carbocycles. The number of hydrogen-bond acceptors (Lipinski definition) is 2. The van der Waals surface area contributed by atoms with Gasteiger partial charge in [0.15, 0.2) is 0 Å². The van der Waals surface area contributed by atoms with Crippen molar-refractivity contribution in [2.45, 2.75) is 33.7 Å². The Kier molecular flexibility index (Phi) is 4.36. The van der Waals surface area contributed by atoms with E-state index in [2.05, 4.69) is 45.1 Å². The molecule has 1 N–H and O–H groups in total. The van der Waals surface area contributed by atoms with Crippen LogP contribution >= 0.6 is 0 Å². The topological polar surface area (TPSA) is 21.3 Å². The third-order valence-corrected chi connectivity index (χ3v) is 2.80. The lowest BCUT2D eigenvalue weighted by atomic mass is 9.87. The first kappa shape index (κ1) is 13.0. The Morgan fingerprint density at radius 2 is 2.00 bits per heavy atom. The van der Waals surface area contributed by atoms with Crippen LogP contribution in [0.4, 0.5) is 0 Å². The fourth-order valence-corrected chi connectivity index (χ4v) is 1.65. The van der Waals surface area contributed by atoms with E-state index in [4.69, 9.17) is 4.74 Å². The SMILES string of the molecule is CNC(COc1cccc(C)c1)C(C)(C)C. The first-order valence-corrected chi connectivity index (χ1v) is 5.80. The Morgan fingerprint density at radius 3 is 2.50 bits per heavy atom. The van der Waals surface area contributed by atoms with Gasteiger partial charge in [0.05, 0.1) is 0 Å². The van der Waals surface area contributed by atoms with Crippen LogP contribution in [0.25, 0.3) is 0 Å². The summed E-state index contributed by atoms with van der Waals surface area (Å²) >= 11 is 0. The van der Waals surface area contributed by atoms with E-state index in [-0.39, 0.29) is 5.41 Å². The maximum Gasteiger partial charge on any atom is 0.119 e. The van der Waals surface area contributed by atoms with E-state index in [0.29, 0.717) is 12.6 Å². The average Bonchev–Trinajstić information content (AvgIpc) is 2.16. The lowest BCUT2D eigenvalue weighted by Gasteiger charge is -2.30. The van der Waals surface area contributed by atoms with Crippen molar-refractivity contribution in [3.05, 3.63) is 29.8 Å². The maximum absolute atomic E-state index is 5.80. The van der Waals surface area contributed by atoms with Gasteiger partial charge in [0, 0.05) is 6.04 Å². The normalized spacial score (nSPS) is 13.6. The Morgan fingerprint density at radius 1 is 1.31 bits per heavy atom. The fourth-order valence-electron chi connectivity index (χ4n) is 1.65. The van der Waals surface area contributed by atoms with Gasteiger partial charge < -0.3 is 10.1 Å². The predicted octanol–water partition coefficient (Wildman–Crippen LogP) is 3.01. The van der Waals surface area contributed by atoms with Gasteiger partial charge in [-0.05, 0) is 37.1 Å². The Bertz CT molecular complexity index is 328. The number of rotatable bonds is 4. The van der Waals surface area contributed by atoms with E-state index in [0.717, 1.165) is 5.75 Å². The molecule has 0 aliphatic heterocycles. The molecule has 0 aromatic heterocycles. The minimum Gasteiger partial charge on any atom is -0.492 e. The highest BCUT2D eigenvalue weighted by Gasteiger charge is 2.23. The molecular weight excluding hydrogens is 198 g/mol. The number of ether oxygens (including phenoxy) is 1. The molecule has 2 nitrogen and oxygen atoms in total. The van der Waals surface area contributed by atoms with Gasteiger partial charge in [0.2, 0.25) is 0 Å². The van der Waals surface area contributed by atoms with Gasteiger partial charge in [-0.1, -0.05) is 32.9 Å². The van der Waals surface area contributed by atoms with Crippen LogP contribution in [0.5, 0.6) is 5.75 Å². The van der Waals surface area contributed by atoms with Crippen molar-refractivity contribution in [2.75, 3.05) is 13.7 Å². The number of benzene rings is 1. The standard InChI is InChI=1S/C14H23NO/c1-11-7-6-8-12(9-11)16-10-13(15-5)14(2,3)4/h6-9,13,15H,10H2,1-5H3. The summed E-state index contributed by atoms with van der Waals surface area (Å²) in [7, 11) is 1.98. The van der Waals surface area contributed by atoms with Crippen molar-refractivity contribution in [1.82, 2.24) is 5.32 Å². The molecule has 2 heteroatoms. The van der Waals surface area contributed by atoms with Gasteiger partial charge in [-0.3, -0.25) is 0 Å². The summed E-state index contributed by atoms with van der Waals surface area (Å²) in [5.41, 5.74) is 1.44.